The van der Waals surface area contributed by atoms with Crippen molar-refractivity contribution >= 4 is 27.8 Å². The van der Waals surface area contributed by atoms with Crippen LogP contribution in [0.2, 0.25) is 0 Å². The highest BCUT2D eigenvalue weighted by atomic mass is 32.2. The van der Waals surface area contributed by atoms with E-state index in [0.717, 1.165) is 6.20 Å². The Balaban J connectivity index is 2.76. The lowest BCUT2D eigenvalue weighted by atomic mass is 10.2. The van der Waals surface area contributed by atoms with Crippen LogP contribution in [0.5, 0.6) is 0 Å². The Hall–Kier alpha value is -1.06. The van der Waals surface area contributed by atoms with Gasteiger partial charge in [-0.1, -0.05) is 0 Å². The van der Waals surface area contributed by atoms with Crippen molar-refractivity contribution in [2.24, 2.45) is 0 Å². The number of carbonyl (C=O) groups is 1. The fourth-order valence-corrected chi connectivity index (χ4v) is 2.71. The maximum absolute atomic E-state index is 11.7. The predicted molar refractivity (Wildman–Crippen MR) is 63.3 cm³/mol. The van der Waals surface area contributed by atoms with E-state index in [4.69, 9.17) is 5.11 Å². The molecule has 0 aliphatic rings. The molecule has 0 saturated carbocycles. The summed E-state index contributed by atoms with van der Waals surface area (Å²) in [7, 11) is -3.83. The zero-order chi connectivity index (χ0) is 12.9. The van der Waals surface area contributed by atoms with E-state index in [1.807, 2.05) is 6.26 Å². The maximum atomic E-state index is 11.7. The molecule has 0 radical (unpaired) electrons. The highest BCUT2D eigenvalue weighted by Crippen LogP contribution is 2.08. The van der Waals surface area contributed by atoms with Crippen LogP contribution in [0.1, 0.15) is 6.42 Å². The van der Waals surface area contributed by atoms with Crippen molar-refractivity contribution in [1.29, 1.82) is 0 Å². The number of sulfonamides is 1. The number of hydrogen-bond donors (Lipinski definition) is 3. The molecule has 1 aromatic heterocycles. The fraction of sp³-hybridized carbons (Fsp3) is 0.500. The summed E-state index contributed by atoms with van der Waals surface area (Å²) in [6.07, 6.45) is 4.36. The average molecular weight is 279 g/mol. The van der Waals surface area contributed by atoms with E-state index in [1.165, 1.54) is 18.0 Å². The normalized spacial score (nSPS) is 13.5. The van der Waals surface area contributed by atoms with Crippen LogP contribution >= 0.6 is 11.8 Å². The smallest absolute Gasteiger partial charge is 0.321 e. The third kappa shape index (κ3) is 4.02. The van der Waals surface area contributed by atoms with Crippen molar-refractivity contribution in [3.63, 3.8) is 0 Å². The van der Waals surface area contributed by atoms with Gasteiger partial charge in [0.1, 0.15) is 10.9 Å². The minimum Gasteiger partial charge on any atom is -0.480 e. The molecule has 0 unspecified atom stereocenters. The molecule has 1 atom stereocenters. The van der Waals surface area contributed by atoms with Crippen LogP contribution < -0.4 is 4.72 Å². The fourth-order valence-electron chi connectivity index (χ4n) is 1.11. The first kappa shape index (κ1) is 14.0. The molecule has 0 spiro atoms. The molecule has 1 aromatic rings. The van der Waals surface area contributed by atoms with Gasteiger partial charge in [0.05, 0.1) is 6.20 Å². The number of carboxylic acid groups (broad SMARTS) is 1. The van der Waals surface area contributed by atoms with E-state index in [9.17, 15) is 13.2 Å². The van der Waals surface area contributed by atoms with Gasteiger partial charge in [0.25, 0.3) is 0 Å². The van der Waals surface area contributed by atoms with E-state index in [0.29, 0.717) is 5.75 Å². The molecule has 0 aliphatic heterocycles. The van der Waals surface area contributed by atoms with Crippen LogP contribution in [0.4, 0.5) is 0 Å². The second-order valence-corrected chi connectivity index (χ2v) is 5.93. The molecule has 96 valence electrons. The number of thioether (sulfide) groups is 1. The predicted octanol–water partition coefficient (Wildman–Crippen LogP) is -0.106. The first-order valence-electron chi connectivity index (χ1n) is 4.70. The quantitative estimate of drug-likeness (QED) is 0.642. The van der Waals surface area contributed by atoms with Crippen LogP contribution in [-0.2, 0) is 14.8 Å². The van der Waals surface area contributed by atoms with Gasteiger partial charge < -0.3 is 5.11 Å². The van der Waals surface area contributed by atoms with E-state index in [-0.39, 0.29) is 11.3 Å². The number of aromatic amines is 1. The minimum atomic E-state index is -3.83. The zero-order valence-corrected chi connectivity index (χ0v) is 10.7. The van der Waals surface area contributed by atoms with Crippen molar-refractivity contribution in [2.45, 2.75) is 17.4 Å². The van der Waals surface area contributed by atoms with Gasteiger partial charge >= 0.3 is 5.97 Å². The molecule has 0 amide bonds. The molecule has 17 heavy (non-hydrogen) atoms. The molecule has 0 aliphatic carbocycles. The monoisotopic (exact) mass is 279 g/mol. The van der Waals surface area contributed by atoms with Gasteiger partial charge in [0.2, 0.25) is 10.0 Å². The van der Waals surface area contributed by atoms with Crippen LogP contribution in [-0.4, -0.2) is 47.7 Å². The lowest BCUT2D eigenvalue weighted by Gasteiger charge is -2.13. The number of nitrogens with zero attached hydrogens (tertiary/aromatic N) is 1. The highest BCUT2D eigenvalue weighted by Gasteiger charge is 2.25. The van der Waals surface area contributed by atoms with Crippen molar-refractivity contribution in [2.75, 3.05) is 12.0 Å². The van der Waals surface area contributed by atoms with Gasteiger partial charge in [0, 0.05) is 6.20 Å². The first-order chi connectivity index (χ1) is 7.97. The Bertz CT molecular complexity index is 457. The number of aromatic nitrogens is 2. The molecule has 9 heteroatoms. The summed E-state index contributed by atoms with van der Waals surface area (Å²) in [4.78, 5) is 10.8. The summed E-state index contributed by atoms with van der Waals surface area (Å²) >= 11 is 1.45. The van der Waals surface area contributed by atoms with Gasteiger partial charge in [-0.2, -0.15) is 21.6 Å². The van der Waals surface area contributed by atoms with E-state index in [1.54, 1.807) is 0 Å². The van der Waals surface area contributed by atoms with Crippen molar-refractivity contribution in [1.82, 2.24) is 14.9 Å². The van der Waals surface area contributed by atoms with Crippen molar-refractivity contribution < 1.29 is 18.3 Å². The second-order valence-electron chi connectivity index (χ2n) is 3.23. The molecule has 0 aromatic carbocycles. The summed E-state index contributed by atoms with van der Waals surface area (Å²) in [6, 6.07) is -1.12. The first-order valence-corrected chi connectivity index (χ1v) is 7.58. The van der Waals surface area contributed by atoms with Gasteiger partial charge in [-0.3, -0.25) is 9.89 Å². The largest absolute Gasteiger partial charge is 0.480 e. The molecular formula is C8H13N3O4S2. The number of carboxylic acids is 1. The molecule has 3 N–H and O–H groups in total. The van der Waals surface area contributed by atoms with E-state index >= 15 is 0 Å². The number of aliphatic carboxylic acids is 1. The summed E-state index contributed by atoms with van der Waals surface area (Å²) in [5.74, 6) is -0.628. The summed E-state index contributed by atoms with van der Waals surface area (Å²) in [5, 5.41) is 14.8. The third-order valence-electron chi connectivity index (χ3n) is 1.99. The van der Waals surface area contributed by atoms with Crippen molar-refractivity contribution in [3.05, 3.63) is 12.4 Å². The Morgan fingerprint density at radius 1 is 1.71 bits per heavy atom. The Kier molecular flexibility index (Phi) is 4.97. The highest BCUT2D eigenvalue weighted by molar-refractivity contribution is 7.98. The lowest BCUT2D eigenvalue weighted by molar-refractivity contribution is -0.139. The molecule has 7 nitrogen and oxygen atoms in total. The van der Waals surface area contributed by atoms with Gasteiger partial charge in [-0.05, 0) is 18.4 Å². The number of H-pyrrole nitrogens is 1. The standard InChI is InChI=1S/C8H13N3O4S2/c1-16-3-2-7(8(12)13)11-17(14,15)6-4-9-10-5-6/h4-5,7,11H,2-3H2,1H3,(H,9,10)(H,12,13)/t7-/m0/s1. The Morgan fingerprint density at radius 2 is 2.41 bits per heavy atom. The van der Waals surface area contributed by atoms with Crippen LogP contribution in [0.25, 0.3) is 0 Å². The molecular weight excluding hydrogens is 266 g/mol. The van der Waals surface area contributed by atoms with E-state index < -0.39 is 22.0 Å². The Morgan fingerprint density at radius 3 is 2.88 bits per heavy atom. The maximum Gasteiger partial charge on any atom is 0.321 e. The summed E-state index contributed by atoms with van der Waals surface area (Å²) in [6.45, 7) is 0. The summed E-state index contributed by atoms with van der Waals surface area (Å²) < 4.78 is 25.6. The topological polar surface area (TPSA) is 112 Å². The minimum absolute atomic E-state index is 0.0760. The zero-order valence-electron chi connectivity index (χ0n) is 9.08. The third-order valence-corrected chi connectivity index (χ3v) is 4.07. The molecule has 1 heterocycles. The average Bonchev–Trinajstić information content (AvgIpc) is 2.77. The summed E-state index contributed by atoms with van der Waals surface area (Å²) in [5.41, 5.74) is 0. The van der Waals surface area contributed by atoms with Crippen LogP contribution in [0.15, 0.2) is 17.3 Å². The number of nitrogens with one attached hydrogen (secondary N) is 2. The molecule has 1 rings (SSSR count). The lowest BCUT2D eigenvalue weighted by Crippen LogP contribution is -2.41. The number of rotatable bonds is 7. The van der Waals surface area contributed by atoms with Crippen molar-refractivity contribution in [3.8, 4) is 0 Å². The Labute approximate surface area is 103 Å². The van der Waals surface area contributed by atoms with Crippen LogP contribution in [0, 0.1) is 0 Å². The molecule has 0 saturated heterocycles. The SMILES string of the molecule is CSCC[C@H](NS(=O)(=O)c1cn[nH]c1)C(=O)O. The van der Waals surface area contributed by atoms with Gasteiger partial charge in [0.15, 0.2) is 0 Å². The van der Waals surface area contributed by atoms with Gasteiger partial charge in [-0.25, -0.2) is 8.42 Å². The molecule has 0 fully saturated rings. The second kappa shape index (κ2) is 6.03. The number of hydrogen-bond acceptors (Lipinski definition) is 5. The van der Waals surface area contributed by atoms with E-state index in [2.05, 4.69) is 14.9 Å². The van der Waals surface area contributed by atoms with Crippen LogP contribution in [0.3, 0.4) is 0 Å². The van der Waals surface area contributed by atoms with Gasteiger partial charge in [-0.15, -0.1) is 0 Å². The molecule has 0 bridgehead atoms.